The highest BCUT2D eigenvalue weighted by atomic mass is 35.5. The summed E-state index contributed by atoms with van der Waals surface area (Å²) in [5.74, 6) is 0.366. The van der Waals surface area contributed by atoms with Gasteiger partial charge in [0.1, 0.15) is 11.6 Å². The maximum Gasteiger partial charge on any atom is 0.143 e. The predicted molar refractivity (Wildman–Crippen MR) is 84.8 cm³/mol. The molecule has 0 saturated carbocycles. The van der Waals surface area contributed by atoms with Gasteiger partial charge in [0, 0.05) is 17.8 Å². The summed E-state index contributed by atoms with van der Waals surface area (Å²) in [4.78, 5) is 4.63. The van der Waals surface area contributed by atoms with Crippen LogP contribution in [0.5, 0.6) is 0 Å². The van der Waals surface area contributed by atoms with Crippen LogP contribution in [0.25, 0.3) is 22.4 Å². The van der Waals surface area contributed by atoms with Crippen LogP contribution in [-0.4, -0.2) is 9.55 Å². The van der Waals surface area contributed by atoms with Crippen molar-refractivity contribution in [2.45, 2.75) is 19.9 Å². The number of halogens is 2. The number of nitrogens with zero attached hydrogens (tertiary/aromatic N) is 2. The van der Waals surface area contributed by atoms with E-state index in [0.29, 0.717) is 10.7 Å². The Hall–Kier alpha value is -2.07. The van der Waals surface area contributed by atoms with Gasteiger partial charge in [0.25, 0.3) is 0 Å². The van der Waals surface area contributed by atoms with Gasteiger partial charge in [-0.2, -0.15) is 0 Å². The van der Waals surface area contributed by atoms with Crippen LogP contribution in [-0.2, 0) is 6.54 Å². The van der Waals surface area contributed by atoms with Gasteiger partial charge in [-0.3, -0.25) is 0 Å². The van der Waals surface area contributed by atoms with Crippen LogP contribution in [0.3, 0.4) is 0 Å². The minimum atomic E-state index is -0.354. The third-order valence-electron chi connectivity index (χ3n) is 3.42. The molecule has 0 amide bonds. The first-order chi connectivity index (χ1) is 10.1. The number of rotatable bonds is 3. The fourth-order valence-electron chi connectivity index (χ4n) is 2.53. The van der Waals surface area contributed by atoms with Gasteiger partial charge in [-0.1, -0.05) is 24.6 Å². The molecule has 1 heterocycles. The molecule has 1 aromatic heterocycles. The van der Waals surface area contributed by atoms with Crippen molar-refractivity contribution in [3.05, 3.63) is 47.2 Å². The molecule has 2 aromatic carbocycles. The zero-order valence-electron chi connectivity index (χ0n) is 11.6. The maximum absolute atomic E-state index is 13.3. The van der Waals surface area contributed by atoms with Crippen LogP contribution in [0.1, 0.15) is 13.3 Å². The number of aromatic nitrogens is 2. The van der Waals surface area contributed by atoms with Crippen molar-refractivity contribution < 1.29 is 4.39 Å². The first-order valence-electron chi connectivity index (χ1n) is 6.82. The smallest absolute Gasteiger partial charge is 0.143 e. The molecule has 21 heavy (non-hydrogen) atoms. The first-order valence-corrected chi connectivity index (χ1v) is 7.19. The lowest BCUT2D eigenvalue weighted by Crippen LogP contribution is -2.02. The van der Waals surface area contributed by atoms with E-state index < -0.39 is 0 Å². The van der Waals surface area contributed by atoms with Gasteiger partial charge < -0.3 is 10.3 Å². The number of nitrogen functional groups attached to an aromatic ring is 1. The zero-order valence-corrected chi connectivity index (χ0v) is 12.4. The van der Waals surface area contributed by atoms with E-state index in [2.05, 4.69) is 11.9 Å². The van der Waals surface area contributed by atoms with E-state index in [1.165, 1.54) is 12.1 Å². The average Bonchev–Trinajstić information content (AvgIpc) is 2.79. The summed E-state index contributed by atoms with van der Waals surface area (Å²) < 4.78 is 15.3. The number of para-hydroxylation sites is 1. The number of hydrogen-bond donors (Lipinski definition) is 1. The molecule has 0 fully saturated rings. The molecule has 5 heteroatoms. The van der Waals surface area contributed by atoms with Gasteiger partial charge in [-0.05, 0) is 36.8 Å². The monoisotopic (exact) mass is 303 g/mol. The summed E-state index contributed by atoms with van der Waals surface area (Å²) in [6, 6.07) is 9.99. The number of nitrogens with two attached hydrogens (primary N) is 1. The molecule has 2 N–H and O–H groups in total. The molecule has 0 saturated heterocycles. The molecule has 3 rings (SSSR count). The van der Waals surface area contributed by atoms with Gasteiger partial charge >= 0.3 is 0 Å². The highest BCUT2D eigenvalue weighted by Gasteiger charge is 2.16. The molecule has 0 spiro atoms. The number of hydrogen-bond acceptors (Lipinski definition) is 2. The molecular formula is C16H15ClFN3. The molecule has 0 bridgehead atoms. The molecule has 0 radical (unpaired) electrons. The topological polar surface area (TPSA) is 43.8 Å². The summed E-state index contributed by atoms with van der Waals surface area (Å²) in [6.07, 6.45) is 0.935. The van der Waals surface area contributed by atoms with Crippen molar-refractivity contribution in [3.63, 3.8) is 0 Å². The molecule has 108 valence electrons. The van der Waals surface area contributed by atoms with E-state index in [9.17, 15) is 4.39 Å². The van der Waals surface area contributed by atoms with E-state index in [-0.39, 0.29) is 5.82 Å². The van der Waals surface area contributed by atoms with Gasteiger partial charge in [-0.25, -0.2) is 9.37 Å². The second-order valence-electron chi connectivity index (χ2n) is 4.93. The van der Waals surface area contributed by atoms with Crippen molar-refractivity contribution in [2.75, 3.05) is 5.73 Å². The Kier molecular flexibility index (Phi) is 3.55. The average molecular weight is 304 g/mol. The molecule has 0 atom stereocenters. The molecule has 0 aliphatic carbocycles. The summed E-state index contributed by atoms with van der Waals surface area (Å²) in [6.45, 7) is 2.85. The van der Waals surface area contributed by atoms with E-state index in [4.69, 9.17) is 17.3 Å². The fourth-order valence-corrected chi connectivity index (χ4v) is 2.80. The van der Waals surface area contributed by atoms with Crippen LogP contribution in [0.2, 0.25) is 5.02 Å². The van der Waals surface area contributed by atoms with Crippen molar-refractivity contribution in [1.82, 2.24) is 9.55 Å². The Morgan fingerprint density at radius 1 is 1.29 bits per heavy atom. The molecule has 0 aliphatic rings. The fraction of sp³-hybridized carbons (Fsp3) is 0.188. The van der Waals surface area contributed by atoms with Crippen LogP contribution < -0.4 is 5.73 Å². The molecule has 3 nitrogen and oxygen atoms in total. The third-order valence-corrected chi connectivity index (χ3v) is 3.72. The number of anilines is 1. The van der Waals surface area contributed by atoms with Gasteiger partial charge in [0.2, 0.25) is 0 Å². The number of fused-ring (bicyclic) bond motifs is 1. The highest BCUT2D eigenvalue weighted by Crippen LogP contribution is 2.32. The predicted octanol–water partition coefficient (Wildman–Crippen LogP) is 4.49. The molecule has 3 aromatic rings. The SMILES string of the molecule is CCCn1c(-c2ccc(F)cc2N)nc2cccc(Cl)c21. The van der Waals surface area contributed by atoms with Gasteiger partial charge in [0.15, 0.2) is 0 Å². The van der Waals surface area contributed by atoms with Crippen molar-refractivity contribution in [1.29, 1.82) is 0 Å². The summed E-state index contributed by atoms with van der Waals surface area (Å²) in [5.41, 5.74) is 8.75. The summed E-state index contributed by atoms with van der Waals surface area (Å²) in [7, 11) is 0. The van der Waals surface area contributed by atoms with Gasteiger partial charge in [0.05, 0.1) is 16.1 Å². The standard InChI is InChI=1S/C16H15ClFN3/c1-2-8-21-15-12(17)4-3-5-14(15)20-16(21)11-7-6-10(18)9-13(11)19/h3-7,9H,2,8,19H2,1H3. The molecule has 0 unspecified atom stereocenters. The third kappa shape index (κ3) is 2.36. The molecular weight excluding hydrogens is 289 g/mol. The lowest BCUT2D eigenvalue weighted by Gasteiger charge is -2.10. The second kappa shape index (κ2) is 5.37. The summed E-state index contributed by atoms with van der Waals surface area (Å²) >= 11 is 6.31. The summed E-state index contributed by atoms with van der Waals surface area (Å²) in [5, 5.41) is 0.653. The Bertz CT molecular complexity index is 811. The quantitative estimate of drug-likeness (QED) is 0.725. The normalized spacial score (nSPS) is 11.2. The van der Waals surface area contributed by atoms with Crippen LogP contribution in [0, 0.1) is 5.82 Å². The van der Waals surface area contributed by atoms with Gasteiger partial charge in [-0.15, -0.1) is 0 Å². The van der Waals surface area contributed by atoms with E-state index in [1.54, 1.807) is 6.07 Å². The first kappa shape index (κ1) is 13.9. The number of imidazole rings is 1. The molecule has 0 aliphatic heterocycles. The van der Waals surface area contributed by atoms with Crippen molar-refractivity contribution in [3.8, 4) is 11.4 Å². The van der Waals surface area contributed by atoms with E-state index in [1.807, 2.05) is 22.8 Å². The Balaban J connectivity index is 2.31. The van der Waals surface area contributed by atoms with Crippen molar-refractivity contribution in [2.24, 2.45) is 0 Å². The lowest BCUT2D eigenvalue weighted by atomic mass is 10.1. The van der Waals surface area contributed by atoms with Crippen LogP contribution >= 0.6 is 11.6 Å². The minimum Gasteiger partial charge on any atom is -0.398 e. The van der Waals surface area contributed by atoms with E-state index >= 15 is 0 Å². The largest absolute Gasteiger partial charge is 0.398 e. The Morgan fingerprint density at radius 2 is 2.10 bits per heavy atom. The van der Waals surface area contributed by atoms with Crippen molar-refractivity contribution >= 4 is 28.3 Å². The number of benzene rings is 2. The number of aryl methyl sites for hydroxylation is 1. The van der Waals surface area contributed by atoms with E-state index in [0.717, 1.165) is 35.4 Å². The minimum absolute atomic E-state index is 0.354. The maximum atomic E-state index is 13.3. The highest BCUT2D eigenvalue weighted by molar-refractivity contribution is 6.35. The Labute approximate surface area is 127 Å². The van der Waals surface area contributed by atoms with Crippen LogP contribution in [0.4, 0.5) is 10.1 Å². The Morgan fingerprint density at radius 3 is 2.81 bits per heavy atom. The second-order valence-corrected chi connectivity index (χ2v) is 5.33. The van der Waals surface area contributed by atoms with Crippen LogP contribution in [0.15, 0.2) is 36.4 Å². The zero-order chi connectivity index (χ0) is 15.0. The lowest BCUT2D eigenvalue weighted by molar-refractivity contribution is 0.628.